The van der Waals surface area contributed by atoms with Crippen LogP contribution in [0, 0.1) is 0 Å². The molecule has 0 radical (unpaired) electrons. The van der Waals surface area contributed by atoms with Crippen molar-refractivity contribution in [2.45, 2.75) is 37.8 Å². The maximum absolute atomic E-state index is 13.9. The topological polar surface area (TPSA) is 96.0 Å². The minimum absolute atomic E-state index is 0.0143. The molecule has 0 bridgehead atoms. The number of amides is 2. The first-order valence-electron chi connectivity index (χ1n) is 12.4. The van der Waals surface area contributed by atoms with E-state index in [1.807, 2.05) is 6.92 Å². The molecule has 1 N–H and O–H groups in total. The Balaban J connectivity index is 2.05. The molecule has 3 aromatic carbocycles. The summed E-state index contributed by atoms with van der Waals surface area (Å²) in [5.41, 5.74) is 0.767. The summed E-state index contributed by atoms with van der Waals surface area (Å²) >= 11 is 18.6. The molecule has 0 heterocycles. The van der Waals surface area contributed by atoms with Gasteiger partial charge in [0.2, 0.25) is 11.8 Å². The number of anilines is 1. The Hall–Kier alpha value is -2.98. The lowest BCUT2D eigenvalue weighted by molar-refractivity contribution is -0.139. The number of sulfonamides is 1. The van der Waals surface area contributed by atoms with Crippen molar-refractivity contribution in [3.05, 3.63) is 87.4 Å². The fourth-order valence-electron chi connectivity index (χ4n) is 3.87. The molecule has 0 saturated carbocycles. The van der Waals surface area contributed by atoms with Gasteiger partial charge in [-0.15, -0.1) is 0 Å². The number of nitrogens with zero attached hydrogens (tertiary/aromatic N) is 2. The molecular weight excluding hydrogens is 597 g/mol. The van der Waals surface area contributed by atoms with Crippen molar-refractivity contribution in [3.8, 4) is 5.75 Å². The molecule has 0 saturated heterocycles. The van der Waals surface area contributed by atoms with Crippen LogP contribution in [0.5, 0.6) is 5.75 Å². The smallest absolute Gasteiger partial charge is 0.264 e. The van der Waals surface area contributed by atoms with E-state index >= 15 is 0 Å². The van der Waals surface area contributed by atoms with Gasteiger partial charge in [-0.2, -0.15) is 0 Å². The molecule has 0 unspecified atom stereocenters. The first kappa shape index (κ1) is 31.5. The summed E-state index contributed by atoms with van der Waals surface area (Å²) in [6.45, 7) is 3.30. The van der Waals surface area contributed by atoms with Crippen LogP contribution in [-0.2, 0) is 26.2 Å². The van der Waals surface area contributed by atoms with Crippen LogP contribution in [0.2, 0.25) is 15.1 Å². The van der Waals surface area contributed by atoms with Crippen LogP contribution >= 0.6 is 34.8 Å². The van der Waals surface area contributed by atoms with E-state index in [0.717, 1.165) is 4.31 Å². The molecule has 2 amide bonds. The summed E-state index contributed by atoms with van der Waals surface area (Å²) in [6, 6.07) is 16.1. The molecule has 1 atom stereocenters. The van der Waals surface area contributed by atoms with E-state index < -0.39 is 28.5 Å². The molecule has 3 rings (SSSR count). The van der Waals surface area contributed by atoms with Crippen LogP contribution in [0.3, 0.4) is 0 Å². The van der Waals surface area contributed by atoms with Crippen LogP contribution in [0.4, 0.5) is 5.69 Å². The Labute approximate surface area is 249 Å². The molecule has 0 aliphatic heterocycles. The first-order chi connectivity index (χ1) is 19.0. The zero-order valence-electron chi connectivity index (χ0n) is 22.2. The molecule has 0 spiro atoms. The molecule has 12 heteroatoms. The lowest BCUT2D eigenvalue weighted by Crippen LogP contribution is -2.51. The van der Waals surface area contributed by atoms with E-state index in [2.05, 4.69) is 5.32 Å². The van der Waals surface area contributed by atoms with Gasteiger partial charge in [0.1, 0.15) is 18.3 Å². The summed E-state index contributed by atoms with van der Waals surface area (Å²) in [5, 5.41) is 3.59. The van der Waals surface area contributed by atoms with Crippen LogP contribution in [-0.4, -0.2) is 51.4 Å². The highest BCUT2D eigenvalue weighted by Crippen LogP contribution is 2.32. The van der Waals surface area contributed by atoms with Gasteiger partial charge in [-0.05, 0) is 61.4 Å². The number of carbonyl (C=O) groups excluding carboxylic acids is 2. The number of benzene rings is 3. The highest BCUT2D eigenvalue weighted by molar-refractivity contribution is 7.92. The van der Waals surface area contributed by atoms with Gasteiger partial charge in [0.25, 0.3) is 10.0 Å². The average molecular weight is 627 g/mol. The molecule has 214 valence electrons. The van der Waals surface area contributed by atoms with Gasteiger partial charge in [-0.25, -0.2) is 8.42 Å². The summed E-state index contributed by atoms with van der Waals surface area (Å²) < 4.78 is 33.8. The van der Waals surface area contributed by atoms with Crippen LogP contribution < -0.4 is 14.4 Å². The molecule has 0 aliphatic carbocycles. The summed E-state index contributed by atoms with van der Waals surface area (Å²) in [6.07, 6.45) is 0.709. The van der Waals surface area contributed by atoms with Gasteiger partial charge in [-0.1, -0.05) is 66.0 Å². The molecular formula is C28H30Cl3N3O5S. The Bertz CT molecular complexity index is 1450. The minimum Gasteiger partial charge on any atom is -0.495 e. The third kappa shape index (κ3) is 7.60. The highest BCUT2D eigenvalue weighted by atomic mass is 35.5. The molecule has 0 aliphatic rings. The average Bonchev–Trinajstić information content (AvgIpc) is 2.95. The van der Waals surface area contributed by atoms with Gasteiger partial charge in [0.05, 0.1) is 32.8 Å². The number of nitrogens with one attached hydrogen (secondary N) is 1. The van der Waals surface area contributed by atoms with E-state index in [9.17, 15) is 18.0 Å². The van der Waals surface area contributed by atoms with Crippen molar-refractivity contribution in [2.75, 3.05) is 24.5 Å². The normalized spacial score (nSPS) is 11.9. The summed E-state index contributed by atoms with van der Waals surface area (Å²) in [7, 11) is -2.78. The van der Waals surface area contributed by atoms with Crippen molar-refractivity contribution in [3.63, 3.8) is 0 Å². The van der Waals surface area contributed by atoms with Gasteiger partial charge in [0.15, 0.2) is 0 Å². The number of rotatable bonds is 12. The van der Waals surface area contributed by atoms with Gasteiger partial charge in [0, 0.05) is 13.1 Å². The zero-order valence-corrected chi connectivity index (χ0v) is 25.3. The fraction of sp³-hybridized carbons (Fsp3) is 0.286. The van der Waals surface area contributed by atoms with E-state index in [0.29, 0.717) is 29.3 Å². The monoisotopic (exact) mass is 625 g/mol. The number of hydrogen-bond acceptors (Lipinski definition) is 5. The molecule has 3 aromatic rings. The van der Waals surface area contributed by atoms with Gasteiger partial charge >= 0.3 is 0 Å². The number of carbonyl (C=O) groups is 2. The maximum atomic E-state index is 13.9. The van der Waals surface area contributed by atoms with Crippen LogP contribution in [0.1, 0.15) is 25.8 Å². The lowest BCUT2D eigenvalue weighted by Gasteiger charge is -2.32. The second-order valence-electron chi connectivity index (χ2n) is 8.88. The first-order valence-corrected chi connectivity index (χ1v) is 15.0. The number of ether oxygens (including phenoxy) is 1. The largest absolute Gasteiger partial charge is 0.495 e. The van der Waals surface area contributed by atoms with E-state index in [4.69, 9.17) is 39.5 Å². The molecule has 0 aromatic heterocycles. The van der Waals surface area contributed by atoms with Crippen molar-refractivity contribution in [1.29, 1.82) is 0 Å². The van der Waals surface area contributed by atoms with Crippen molar-refractivity contribution in [1.82, 2.24) is 10.2 Å². The fourth-order valence-corrected chi connectivity index (χ4v) is 5.87. The number of halogens is 3. The second-order valence-corrected chi connectivity index (χ2v) is 12.0. The lowest BCUT2D eigenvalue weighted by atomic mass is 10.1. The Morgan fingerprint density at radius 3 is 2.25 bits per heavy atom. The molecule has 0 fully saturated rings. The SMILES string of the molecule is CCCNC(=O)[C@H](C)N(Cc1ccc(Cl)c(Cl)c1)C(=O)CN(c1ccc(OC)c(Cl)c1)S(=O)(=O)c1ccccc1. The van der Waals surface area contributed by atoms with E-state index in [1.54, 1.807) is 43.3 Å². The Kier molecular flexibility index (Phi) is 11.1. The van der Waals surface area contributed by atoms with Crippen LogP contribution in [0.25, 0.3) is 0 Å². The third-order valence-electron chi connectivity index (χ3n) is 6.09. The predicted molar refractivity (Wildman–Crippen MR) is 159 cm³/mol. The quantitative estimate of drug-likeness (QED) is 0.274. The molecule has 8 nitrogen and oxygen atoms in total. The minimum atomic E-state index is -4.22. The highest BCUT2D eigenvalue weighted by Gasteiger charge is 2.32. The number of hydrogen-bond donors (Lipinski definition) is 1. The summed E-state index contributed by atoms with van der Waals surface area (Å²) in [5.74, 6) is -0.645. The van der Waals surface area contributed by atoms with Crippen molar-refractivity contribution in [2.24, 2.45) is 0 Å². The maximum Gasteiger partial charge on any atom is 0.264 e. The zero-order chi connectivity index (χ0) is 29.4. The Morgan fingerprint density at radius 2 is 1.65 bits per heavy atom. The number of methoxy groups -OCH3 is 1. The van der Waals surface area contributed by atoms with Gasteiger partial charge < -0.3 is 15.0 Å². The van der Waals surface area contributed by atoms with Crippen molar-refractivity contribution < 1.29 is 22.7 Å². The third-order valence-corrected chi connectivity index (χ3v) is 8.91. The van der Waals surface area contributed by atoms with Gasteiger partial charge in [-0.3, -0.25) is 13.9 Å². The second kappa shape index (κ2) is 14.1. The molecule has 40 heavy (non-hydrogen) atoms. The van der Waals surface area contributed by atoms with E-state index in [-0.39, 0.29) is 33.1 Å². The van der Waals surface area contributed by atoms with E-state index in [1.165, 1.54) is 42.3 Å². The van der Waals surface area contributed by atoms with Crippen LogP contribution in [0.15, 0.2) is 71.6 Å². The van der Waals surface area contributed by atoms with Crippen molar-refractivity contribution >= 4 is 62.3 Å². The predicted octanol–water partition coefficient (Wildman–Crippen LogP) is 5.79. The summed E-state index contributed by atoms with van der Waals surface area (Å²) in [4.78, 5) is 28.1. The standard InChI is InChI=1S/C28H30Cl3N3O5S/c1-4-14-32-28(36)19(2)33(17-20-10-12-23(29)24(30)15-20)27(35)18-34(21-11-13-26(39-3)25(31)16-21)40(37,38)22-8-6-5-7-9-22/h5-13,15-16,19H,4,14,17-18H2,1-3H3,(H,32,36)/t19-/m0/s1. The Morgan fingerprint density at radius 1 is 0.950 bits per heavy atom.